The van der Waals surface area contributed by atoms with E-state index in [9.17, 15) is 4.79 Å². The Bertz CT molecular complexity index is 600. The van der Waals surface area contributed by atoms with Gasteiger partial charge in [-0.1, -0.05) is 39.0 Å². The van der Waals surface area contributed by atoms with E-state index >= 15 is 0 Å². The maximum absolute atomic E-state index is 12.1. The SMILES string of the molecule is CN(CCOc1ccccc1C(C)(C)C)C(=O)C1=CCN=N1. The number of azo groups is 1. The van der Waals surface area contributed by atoms with Gasteiger partial charge in [0.2, 0.25) is 0 Å². The highest BCUT2D eigenvalue weighted by atomic mass is 16.5. The first-order valence-corrected chi connectivity index (χ1v) is 7.45. The number of hydrogen-bond acceptors (Lipinski definition) is 4. The lowest BCUT2D eigenvalue weighted by Gasteiger charge is -2.23. The second-order valence-electron chi connectivity index (χ2n) is 6.33. The van der Waals surface area contributed by atoms with Crippen molar-refractivity contribution in [2.45, 2.75) is 26.2 Å². The summed E-state index contributed by atoms with van der Waals surface area (Å²) in [6.45, 7) is 7.90. The van der Waals surface area contributed by atoms with Gasteiger partial charge in [0.25, 0.3) is 5.91 Å². The molecule has 0 aromatic heterocycles. The van der Waals surface area contributed by atoms with E-state index in [1.54, 1.807) is 18.0 Å². The molecule has 22 heavy (non-hydrogen) atoms. The fourth-order valence-electron chi connectivity index (χ4n) is 2.22. The predicted molar refractivity (Wildman–Crippen MR) is 86.1 cm³/mol. The monoisotopic (exact) mass is 301 g/mol. The molecule has 0 spiro atoms. The van der Waals surface area contributed by atoms with Crippen LogP contribution in [0.2, 0.25) is 0 Å². The van der Waals surface area contributed by atoms with E-state index in [0.717, 1.165) is 11.3 Å². The molecular weight excluding hydrogens is 278 g/mol. The van der Waals surface area contributed by atoms with Crippen LogP contribution in [0.5, 0.6) is 5.75 Å². The van der Waals surface area contributed by atoms with Gasteiger partial charge in [0.15, 0.2) is 0 Å². The van der Waals surface area contributed by atoms with Crippen molar-refractivity contribution in [3.8, 4) is 5.75 Å². The molecule has 1 amide bonds. The Morgan fingerprint density at radius 2 is 2.05 bits per heavy atom. The van der Waals surface area contributed by atoms with Gasteiger partial charge in [0, 0.05) is 7.05 Å². The number of carbonyl (C=O) groups excluding carboxylic acids is 1. The second-order valence-corrected chi connectivity index (χ2v) is 6.33. The Morgan fingerprint density at radius 3 is 2.68 bits per heavy atom. The number of para-hydroxylation sites is 1. The number of likely N-dealkylation sites (N-methyl/N-ethyl adjacent to an activating group) is 1. The fourth-order valence-corrected chi connectivity index (χ4v) is 2.22. The summed E-state index contributed by atoms with van der Waals surface area (Å²) in [5.74, 6) is 0.754. The van der Waals surface area contributed by atoms with Crippen molar-refractivity contribution in [2.24, 2.45) is 10.2 Å². The minimum absolute atomic E-state index is 0.0212. The third kappa shape index (κ3) is 3.93. The Labute approximate surface area is 131 Å². The van der Waals surface area contributed by atoms with E-state index < -0.39 is 0 Å². The lowest BCUT2D eigenvalue weighted by Crippen LogP contribution is -2.31. The molecule has 0 saturated heterocycles. The van der Waals surface area contributed by atoms with Crippen LogP contribution in [0, 0.1) is 0 Å². The number of rotatable bonds is 5. The summed E-state index contributed by atoms with van der Waals surface area (Å²) in [4.78, 5) is 13.7. The summed E-state index contributed by atoms with van der Waals surface area (Å²) in [5.41, 5.74) is 1.60. The molecule has 118 valence electrons. The fraction of sp³-hybridized carbons (Fsp3) is 0.471. The minimum atomic E-state index is -0.117. The summed E-state index contributed by atoms with van der Waals surface area (Å²) in [7, 11) is 1.75. The largest absolute Gasteiger partial charge is 0.491 e. The van der Waals surface area contributed by atoms with Crippen LogP contribution in [0.15, 0.2) is 46.3 Å². The summed E-state index contributed by atoms with van der Waals surface area (Å²) in [6, 6.07) is 8.02. The lowest BCUT2D eigenvalue weighted by atomic mass is 9.86. The van der Waals surface area contributed by atoms with Crippen LogP contribution in [-0.2, 0) is 10.2 Å². The van der Waals surface area contributed by atoms with Crippen LogP contribution in [0.4, 0.5) is 0 Å². The molecule has 1 heterocycles. The molecule has 1 aliphatic heterocycles. The van der Waals surface area contributed by atoms with Gasteiger partial charge in [0.1, 0.15) is 18.1 Å². The number of hydrogen-bond donors (Lipinski definition) is 0. The van der Waals surface area contributed by atoms with Crippen LogP contribution >= 0.6 is 0 Å². The maximum Gasteiger partial charge on any atom is 0.273 e. The van der Waals surface area contributed by atoms with Crippen LogP contribution in [0.1, 0.15) is 26.3 Å². The topological polar surface area (TPSA) is 54.3 Å². The number of carbonyl (C=O) groups is 1. The first-order chi connectivity index (χ1) is 10.4. The third-order valence-electron chi connectivity index (χ3n) is 3.49. The highest BCUT2D eigenvalue weighted by molar-refractivity contribution is 5.93. The lowest BCUT2D eigenvalue weighted by molar-refractivity contribution is -0.126. The maximum atomic E-state index is 12.1. The van der Waals surface area contributed by atoms with Crippen LogP contribution in [0.25, 0.3) is 0 Å². The molecule has 0 bridgehead atoms. The van der Waals surface area contributed by atoms with Gasteiger partial charge in [-0.25, -0.2) is 0 Å². The van der Waals surface area contributed by atoms with E-state index in [1.807, 2.05) is 18.2 Å². The van der Waals surface area contributed by atoms with Crippen molar-refractivity contribution >= 4 is 5.91 Å². The van der Waals surface area contributed by atoms with Crippen molar-refractivity contribution in [3.05, 3.63) is 41.6 Å². The van der Waals surface area contributed by atoms with Gasteiger partial charge < -0.3 is 9.64 Å². The molecule has 0 aliphatic carbocycles. The first kappa shape index (κ1) is 16.2. The van der Waals surface area contributed by atoms with Gasteiger partial charge in [-0.15, -0.1) is 0 Å². The highest BCUT2D eigenvalue weighted by Gasteiger charge is 2.19. The average molecular weight is 301 g/mol. The molecule has 0 fully saturated rings. The number of amides is 1. The first-order valence-electron chi connectivity index (χ1n) is 7.45. The number of nitrogens with zero attached hydrogens (tertiary/aromatic N) is 3. The highest BCUT2D eigenvalue weighted by Crippen LogP contribution is 2.30. The molecule has 2 rings (SSSR count). The molecule has 1 aromatic carbocycles. The van der Waals surface area contributed by atoms with Crippen LogP contribution in [-0.4, -0.2) is 37.6 Å². The summed E-state index contributed by atoms with van der Waals surface area (Å²) in [6.07, 6.45) is 1.73. The van der Waals surface area contributed by atoms with E-state index in [4.69, 9.17) is 4.74 Å². The van der Waals surface area contributed by atoms with Crippen molar-refractivity contribution in [2.75, 3.05) is 26.7 Å². The summed E-state index contributed by atoms with van der Waals surface area (Å²) >= 11 is 0. The Hall–Kier alpha value is -2.17. The van der Waals surface area contributed by atoms with Gasteiger partial charge in [-0.05, 0) is 23.1 Å². The molecule has 0 unspecified atom stereocenters. The van der Waals surface area contributed by atoms with Crippen LogP contribution < -0.4 is 4.74 Å². The van der Waals surface area contributed by atoms with Gasteiger partial charge in [-0.3, -0.25) is 4.79 Å². The zero-order valence-corrected chi connectivity index (χ0v) is 13.7. The minimum Gasteiger partial charge on any atom is -0.491 e. The molecule has 1 aliphatic rings. The zero-order valence-electron chi connectivity index (χ0n) is 13.7. The predicted octanol–water partition coefficient (Wildman–Crippen LogP) is 3.17. The Kier molecular flexibility index (Phi) is 4.96. The summed E-state index contributed by atoms with van der Waals surface area (Å²) in [5, 5.41) is 7.61. The molecule has 0 saturated carbocycles. The number of ether oxygens (including phenoxy) is 1. The average Bonchev–Trinajstić information content (AvgIpc) is 3.00. The van der Waals surface area contributed by atoms with E-state index in [1.165, 1.54) is 0 Å². The van der Waals surface area contributed by atoms with Crippen molar-refractivity contribution in [1.82, 2.24) is 4.90 Å². The third-order valence-corrected chi connectivity index (χ3v) is 3.49. The molecule has 0 N–H and O–H groups in total. The quantitative estimate of drug-likeness (QED) is 0.838. The second kappa shape index (κ2) is 6.73. The summed E-state index contributed by atoms with van der Waals surface area (Å²) < 4.78 is 5.88. The molecule has 0 atom stereocenters. The normalized spacial score (nSPS) is 13.9. The smallest absolute Gasteiger partial charge is 0.273 e. The van der Waals surface area contributed by atoms with E-state index in [-0.39, 0.29) is 11.3 Å². The van der Waals surface area contributed by atoms with Crippen molar-refractivity contribution < 1.29 is 9.53 Å². The zero-order chi connectivity index (χ0) is 16.2. The van der Waals surface area contributed by atoms with Gasteiger partial charge >= 0.3 is 0 Å². The number of benzene rings is 1. The van der Waals surface area contributed by atoms with Gasteiger partial charge in [-0.2, -0.15) is 10.2 Å². The molecule has 5 nitrogen and oxygen atoms in total. The molecule has 0 radical (unpaired) electrons. The molecule has 5 heteroatoms. The van der Waals surface area contributed by atoms with Crippen LogP contribution in [0.3, 0.4) is 0 Å². The molecule has 1 aromatic rings. The van der Waals surface area contributed by atoms with Crippen molar-refractivity contribution in [1.29, 1.82) is 0 Å². The Balaban J connectivity index is 1.91. The van der Waals surface area contributed by atoms with E-state index in [0.29, 0.717) is 25.4 Å². The van der Waals surface area contributed by atoms with Crippen molar-refractivity contribution in [3.63, 3.8) is 0 Å². The Morgan fingerprint density at radius 1 is 1.32 bits per heavy atom. The standard InChI is InChI=1S/C17H23N3O2/c1-17(2,3)13-7-5-6-8-15(13)22-12-11-20(4)16(21)14-9-10-18-19-14/h5-9H,10-12H2,1-4H3. The molecular formula is C17H23N3O2. The van der Waals surface area contributed by atoms with Gasteiger partial charge in [0.05, 0.1) is 13.1 Å². The van der Waals surface area contributed by atoms with E-state index in [2.05, 4.69) is 37.1 Å².